The molecule has 0 unspecified atom stereocenters. The fourth-order valence-electron chi connectivity index (χ4n) is 3.07. The Morgan fingerprint density at radius 2 is 1.59 bits per heavy atom. The van der Waals surface area contributed by atoms with Crippen LogP contribution in [0.2, 0.25) is 0 Å². The Morgan fingerprint density at radius 1 is 0.909 bits per heavy atom. The van der Waals surface area contributed by atoms with Gasteiger partial charge in [0.05, 0.1) is 7.11 Å². The summed E-state index contributed by atoms with van der Waals surface area (Å²) in [6, 6.07) is 12.6. The number of benzene rings is 1. The molecule has 4 heteroatoms. The molecular formula is C18H25N3O. The molecule has 118 valence electrons. The van der Waals surface area contributed by atoms with Gasteiger partial charge in [0.15, 0.2) is 0 Å². The second-order valence-corrected chi connectivity index (χ2v) is 5.97. The highest BCUT2D eigenvalue weighted by Crippen LogP contribution is 2.20. The van der Waals surface area contributed by atoms with Crippen LogP contribution in [0.1, 0.15) is 11.3 Å². The van der Waals surface area contributed by atoms with Crippen LogP contribution in [0.25, 0.3) is 0 Å². The van der Waals surface area contributed by atoms with E-state index in [1.807, 2.05) is 12.1 Å². The topological polar surface area (TPSA) is 20.6 Å². The van der Waals surface area contributed by atoms with Crippen LogP contribution in [-0.4, -0.2) is 47.7 Å². The molecule has 0 atom stereocenters. The zero-order chi connectivity index (χ0) is 15.4. The van der Waals surface area contributed by atoms with Crippen LogP contribution in [0, 0.1) is 0 Å². The molecule has 4 nitrogen and oxygen atoms in total. The van der Waals surface area contributed by atoms with Crippen LogP contribution in [0.5, 0.6) is 5.75 Å². The molecule has 2 heterocycles. The fourth-order valence-corrected chi connectivity index (χ4v) is 3.07. The van der Waals surface area contributed by atoms with Crippen molar-refractivity contribution in [2.24, 2.45) is 7.05 Å². The first-order chi connectivity index (χ1) is 10.8. The summed E-state index contributed by atoms with van der Waals surface area (Å²) in [7, 11) is 3.86. The van der Waals surface area contributed by atoms with Crippen molar-refractivity contribution in [3.05, 3.63) is 53.9 Å². The van der Waals surface area contributed by atoms with Gasteiger partial charge >= 0.3 is 0 Å². The third-order valence-corrected chi connectivity index (χ3v) is 4.49. The molecule has 1 aliphatic rings. The molecule has 0 spiro atoms. The summed E-state index contributed by atoms with van der Waals surface area (Å²) in [5.41, 5.74) is 2.67. The third-order valence-electron chi connectivity index (χ3n) is 4.49. The monoisotopic (exact) mass is 299 g/mol. The Balaban J connectivity index is 1.52. The molecule has 0 saturated carbocycles. The summed E-state index contributed by atoms with van der Waals surface area (Å²) in [5.74, 6) is 0.994. The van der Waals surface area contributed by atoms with Gasteiger partial charge in [-0.1, -0.05) is 18.2 Å². The number of aryl methyl sites for hydroxylation is 1. The molecule has 3 rings (SSSR count). The molecule has 2 aromatic rings. The van der Waals surface area contributed by atoms with E-state index in [9.17, 15) is 0 Å². The number of hydrogen-bond donors (Lipinski definition) is 0. The lowest BCUT2D eigenvalue weighted by Gasteiger charge is -2.35. The van der Waals surface area contributed by atoms with E-state index in [2.05, 4.69) is 51.9 Å². The van der Waals surface area contributed by atoms with Gasteiger partial charge in [0.1, 0.15) is 5.75 Å². The maximum atomic E-state index is 5.45. The lowest BCUT2D eigenvalue weighted by Crippen LogP contribution is -2.45. The number of hydrogen-bond acceptors (Lipinski definition) is 3. The van der Waals surface area contributed by atoms with Crippen molar-refractivity contribution in [1.82, 2.24) is 14.4 Å². The van der Waals surface area contributed by atoms with E-state index in [4.69, 9.17) is 4.74 Å². The molecule has 0 N–H and O–H groups in total. The third kappa shape index (κ3) is 3.51. The van der Waals surface area contributed by atoms with Crippen LogP contribution in [0.3, 0.4) is 0 Å². The second-order valence-electron chi connectivity index (χ2n) is 5.97. The van der Waals surface area contributed by atoms with Gasteiger partial charge < -0.3 is 9.30 Å². The van der Waals surface area contributed by atoms with Gasteiger partial charge in [-0.25, -0.2) is 0 Å². The Hall–Kier alpha value is -1.78. The fraction of sp³-hybridized carbons (Fsp3) is 0.444. The Labute approximate surface area is 132 Å². The summed E-state index contributed by atoms with van der Waals surface area (Å²) in [5, 5.41) is 0. The largest absolute Gasteiger partial charge is 0.496 e. The summed E-state index contributed by atoms with van der Waals surface area (Å²) < 4.78 is 7.66. The standard InChI is InChI=1S/C18H25N3O/c1-19-9-5-7-17(19)15-21-12-10-20(11-13-21)14-16-6-3-4-8-18(16)22-2/h3-9H,10-15H2,1-2H3. The van der Waals surface area contributed by atoms with Gasteiger partial charge in [-0.05, 0) is 18.2 Å². The number of methoxy groups -OCH3 is 1. The molecule has 0 amide bonds. The zero-order valence-electron chi connectivity index (χ0n) is 13.5. The molecule has 0 radical (unpaired) electrons. The molecule has 1 saturated heterocycles. The van der Waals surface area contributed by atoms with Gasteiger partial charge in [0.25, 0.3) is 0 Å². The molecular weight excluding hydrogens is 274 g/mol. The summed E-state index contributed by atoms with van der Waals surface area (Å²) in [4.78, 5) is 5.05. The highest BCUT2D eigenvalue weighted by atomic mass is 16.5. The molecule has 1 aliphatic heterocycles. The van der Waals surface area contributed by atoms with E-state index < -0.39 is 0 Å². The average molecular weight is 299 g/mol. The van der Waals surface area contributed by atoms with E-state index in [-0.39, 0.29) is 0 Å². The van der Waals surface area contributed by atoms with Crippen molar-refractivity contribution >= 4 is 0 Å². The number of para-hydroxylation sites is 1. The molecule has 1 fully saturated rings. The van der Waals surface area contributed by atoms with Crippen LogP contribution in [-0.2, 0) is 20.1 Å². The summed E-state index contributed by atoms with van der Waals surface area (Å²) >= 11 is 0. The van der Waals surface area contributed by atoms with Crippen molar-refractivity contribution < 1.29 is 4.74 Å². The summed E-state index contributed by atoms with van der Waals surface area (Å²) in [6.45, 7) is 6.50. The lowest BCUT2D eigenvalue weighted by molar-refractivity contribution is 0.119. The first-order valence-electron chi connectivity index (χ1n) is 7.93. The molecule has 1 aromatic carbocycles. The van der Waals surface area contributed by atoms with Gasteiger partial charge in [-0.15, -0.1) is 0 Å². The van der Waals surface area contributed by atoms with Crippen LogP contribution in [0.15, 0.2) is 42.6 Å². The van der Waals surface area contributed by atoms with Crippen molar-refractivity contribution in [2.75, 3.05) is 33.3 Å². The van der Waals surface area contributed by atoms with E-state index in [0.717, 1.165) is 45.0 Å². The maximum Gasteiger partial charge on any atom is 0.123 e. The quantitative estimate of drug-likeness (QED) is 0.845. The number of ether oxygens (including phenoxy) is 1. The predicted molar refractivity (Wildman–Crippen MR) is 89.0 cm³/mol. The van der Waals surface area contributed by atoms with Gasteiger partial charge in [0, 0.05) is 63.8 Å². The number of piperazine rings is 1. The smallest absolute Gasteiger partial charge is 0.123 e. The molecule has 1 aromatic heterocycles. The van der Waals surface area contributed by atoms with Gasteiger partial charge in [-0.3, -0.25) is 9.80 Å². The van der Waals surface area contributed by atoms with E-state index in [1.54, 1.807) is 7.11 Å². The van der Waals surface area contributed by atoms with Crippen molar-refractivity contribution in [2.45, 2.75) is 13.1 Å². The van der Waals surface area contributed by atoms with Crippen molar-refractivity contribution in [3.8, 4) is 5.75 Å². The van der Waals surface area contributed by atoms with Crippen molar-refractivity contribution in [1.29, 1.82) is 0 Å². The van der Waals surface area contributed by atoms with E-state index in [1.165, 1.54) is 11.3 Å². The van der Waals surface area contributed by atoms with Gasteiger partial charge in [-0.2, -0.15) is 0 Å². The van der Waals surface area contributed by atoms with Gasteiger partial charge in [0.2, 0.25) is 0 Å². The minimum atomic E-state index is 0.974. The second kappa shape index (κ2) is 6.99. The van der Waals surface area contributed by atoms with E-state index >= 15 is 0 Å². The first-order valence-corrected chi connectivity index (χ1v) is 7.93. The molecule has 0 aliphatic carbocycles. The maximum absolute atomic E-state index is 5.45. The minimum Gasteiger partial charge on any atom is -0.496 e. The normalized spacial score (nSPS) is 16.8. The lowest BCUT2D eigenvalue weighted by atomic mass is 10.1. The Kier molecular flexibility index (Phi) is 4.80. The van der Waals surface area contributed by atoms with Crippen LogP contribution >= 0.6 is 0 Å². The van der Waals surface area contributed by atoms with E-state index in [0.29, 0.717) is 0 Å². The Bertz CT molecular complexity index is 600. The number of rotatable bonds is 5. The number of nitrogens with zero attached hydrogens (tertiary/aromatic N) is 3. The highest BCUT2D eigenvalue weighted by Gasteiger charge is 2.18. The first kappa shape index (κ1) is 15.1. The molecule has 22 heavy (non-hydrogen) atoms. The van der Waals surface area contributed by atoms with Crippen LogP contribution < -0.4 is 4.74 Å². The highest BCUT2D eigenvalue weighted by molar-refractivity contribution is 5.33. The summed E-state index contributed by atoms with van der Waals surface area (Å²) in [6.07, 6.45) is 2.12. The minimum absolute atomic E-state index is 0.974. The Morgan fingerprint density at radius 3 is 2.23 bits per heavy atom. The molecule has 0 bridgehead atoms. The SMILES string of the molecule is COc1ccccc1CN1CCN(Cc2cccn2C)CC1. The average Bonchev–Trinajstić information content (AvgIpc) is 2.95. The predicted octanol–water partition coefficient (Wildman–Crippen LogP) is 2.35. The number of aromatic nitrogens is 1. The zero-order valence-corrected chi connectivity index (χ0v) is 13.5. The van der Waals surface area contributed by atoms with Crippen molar-refractivity contribution in [3.63, 3.8) is 0 Å². The van der Waals surface area contributed by atoms with Crippen LogP contribution in [0.4, 0.5) is 0 Å².